The van der Waals surface area contributed by atoms with Gasteiger partial charge in [0.05, 0.1) is 11.6 Å². The van der Waals surface area contributed by atoms with Crippen LogP contribution in [-0.2, 0) is 9.59 Å². The van der Waals surface area contributed by atoms with Crippen molar-refractivity contribution in [2.45, 2.75) is 70.6 Å². The van der Waals surface area contributed by atoms with Crippen LogP contribution in [0.3, 0.4) is 0 Å². The average Bonchev–Trinajstić information content (AvgIpc) is 3.96. The minimum Gasteiger partial charge on any atom is -0.346 e. The zero-order valence-corrected chi connectivity index (χ0v) is 25.7. The summed E-state index contributed by atoms with van der Waals surface area (Å²) in [6.45, 7) is 3.58. The molecule has 3 aromatic rings. The number of alkyl halides is 3. The van der Waals surface area contributed by atoms with Gasteiger partial charge in [0, 0.05) is 24.1 Å². The van der Waals surface area contributed by atoms with Gasteiger partial charge in [0.2, 0.25) is 11.8 Å². The lowest BCUT2D eigenvalue weighted by molar-refractivity contribution is -0.139. The van der Waals surface area contributed by atoms with Gasteiger partial charge in [-0.05, 0) is 100 Å². The summed E-state index contributed by atoms with van der Waals surface area (Å²) in [7, 11) is 0. The van der Waals surface area contributed by atoms with Gasteiger partial charge in [-0.1, -0.05) is 6.07 Å². The van der Waals surface area contributed by atoms with Crippen molar-refractivity contribution in [1.29, 1.82) is 0 Å². The average molecular weight is 644 g/mol. The Kier molecular flexibility index (Phi) is 9.63. The molecule has 2 heterocycles. The molecular weight excluding hydrogens is 606 g/mol. The van der Waals surface area contributed by atoms with Crippen molar-refractivity contribution in [2.24, 2.45) is 17.8 Å². The number of hydrogen-bond acceptors (Lipinski definition) is 6. The zero-order valence-electron chi connectivity index (χ0n) is 25.7. The summed E-state index contributed by atoms with van der Waals surface area (Å²) in [5, 5.41) is 14.6. The molecule has 14 heteroatoms. The van der Waals surface area contributed by atoms with Crippen LogP contribution in [0, 0.1) is 23.6 Å². The maximum absolute atomic E-state index is 15.7. The number of aromatic nitrogens is 3. The number of halogens is 4. The summed E-state index contributed by atoms with van der Waals surface area (Å²) < 4.78 is 55.5. The second-order valence-electron chi connectivity index (χ2n) is 12.3. The number of anilines is 3. The van der Waals surface area contributed by atoms with Crippen LogP contribution < -0.4 is 21.3 Å². The molecule has 0 aliphatic heterocycles. The van der Waals surface area contributed by atoms with E-state index in [1.165, 1.54) is 25.4 Å². The van der Waals surface area contributed by atoms with E-state index in [0.29, 0.717) is 11.5 Å². The predicted molar refractivity (Wildman–Crippen MR) is 163 cm³/mol. The summed E-state index contributed by atoms with van der Waals surface area (Å²) in [6.07, 6.45) is 2.12. The fraction of sp³-hybridized carbons (Fsp3) is 0.469. The fourth-order valence-electron chi connectivity index (χ4n) is 5.77. The molecule has 4 N–H and O–H groups in total. The molecule has 2 aliphatic carbocycles. The number of nitrogens with zero attached hydrogens (tertiary/aromatic N) is 3. The molecule has 10 nitrogen and oxygen atoms in total. The number of benzene rings is 1. The van der Waals surface area contributed by atoms with E-state index in [4.69, 9.17) is 0 Å². The zero-order chi connectivity index (χ0) is 33.2. The third kappa shape index (κ3) is 8.01. The van der Waals surface area contributed by atoms with Gasteiger partial charge in [-0.25, -0.2) is 9.37 Å². The van der Waals surface area contributed by atoms with E-state index in [1.807, 2.05) is 19.2 Å². The first-order valence-corrected chi connectivity index (χ1v) is 15.3. The Labute approximate surface area is 263 Å². The Morgan fingerprint density at radius 2 is 1.65 bits per heavy atom. The molecule has 2 atom stereocenters. The van der Waals surface area contributed by atoms with Crippen LogP contribution in [-0.4, -0.2) is 51.2 Å². The van der Waals surface area contributed by atoms with E-state index >= 15 is 4.39 Å². The SMILES string of the molecule is CC(C(=O)NCC(F)(F)F)c1cc(F)c(NC(=O)[C@@H](NC(=O)c2ccnn2C(C)C)C(C2CC2)C2CC2)cc1Nc1ccccn1. The molecule has 246 valence electrons. The lowest BCUT2D eigenvalue weighted by atomic mass is 9.88. The number of hydrogen-bond donors (Lipinski definition) is 4. The molecule has 5 rings (SSSR count). The number of nitrogens with one attached hydrogen (secondary N) is 4. The van der Waals surface area contributed by atoms with Crippen molar-refractivity contribution < 1.29 is 31.9 Å². The molecule has 46 heavy (non-hydrogen) atoms. The van der Waals surface area contributed by atoms with Gasteiger partial charge in [0.1, 0.15) is 29.9 Å². The van der Waals surface area contributed by atoms with Gasteiger partial charge in [-0.15, -0.1) is 0 Å². The van der Waals surface area contributed by atoms with Crippen LogP contribution in [0.15, 0.2) is 48.8 Å². The molecule has 1 unspecified atom stereocenters. The number of carbonyl (C=O) groups is 3. The fourth-order valence-corrected chi connectivity index (χ4v) is 5.77. The minimum absolute atomic E-state index is 0.0569. The van der Waals surface area contributed by atoms with Gasteiger partial charge >= 0.3 is 6.18 Å². The number of pyridine rings is 1. The molecule has 0 spiro atoms. The molecule has 2 aliphatic rings. The van der Waals surface area contributed by atoms with Crippen LogP contribution in [0.25, 0.3) is 0 Å². The summed E-state index contributed by atoms with van der Waals surface area (Å²) in [5.74, 6) is -3.43. The van der Waals surface area contributed by atoms with Gasteiger partial charge in [-0.2, -0.15) is 18.3 Å². The van der Waals surface area contributed by atoms with Crippen LogP contribution >= 0.6 is 0 Å². The molecule has 2 aromatic heterocycles. The van der Waals surface area contributed by atoms with E-state index in [-0.39, 0.29) is 40.7 Å². The van der Waals surface area contributed by atoms with Gasteiger partial charge in [-0.3, -0.25) is 19.1 Å². The van der Waals surface area contributed by atoms with Crippen LogP contribution in [0.2, 0.25) is 0 Å². The molecule has 0 radical (unpaired) electrons. The Bertz CT molecular complexity index is 1560. The van der Waals surface area contributed by atoms with Crippen molar-refractivity contribution in [2.75, 3.05) is 17.2 Å². The van der Waals surface area contributed by atoms with Gasteiger partial charge in [0.15, 0.2) is 0 Å². The molecule has 3 amide bonds. The third-order valence-corrected chi connectivity index (χ3v) is 8.33. The van der Waals surface area contributed by atoms with Crippen molar-refractivity contribution in [3.8, 4) is 0 Å². The quantitative estimate of drug-likeness (QED) is 0.177. The highest BCUT2D eigenvalue weighted by Gasteiger charge is 2.48. The second kappa shape index (κ2) is 13.5. The van der Waals surface area contributed by atoms with Crippen molar-refractivity contribution in [1.82, 2.24) is 25.4 Å². The van der Waals surface area contributed by atoms with Crippen LogP contribution in [0.1, 0.15) is 74.5 Å². The maximum atomic E-state index is 15.7. The highest BCUT2D eigenvalue weighted by molar-refractivity contribution is 6.01. The molecular formula is C32H37F4N7O3. The highest BCUT2D eigenvalue weighted by Crippen LogP contribution is 2.51. The van der Waals surface area contributed by atoms with E-state index in [1.54, 1.807) is 28.9 Å². The Balaban J connectivity index is 1.44. The lowest BCUT2D eigenvalue weighted by Gasteiger charge is -2.28. The first-order chi connectivity index (χ1) is 21.8. The van der Waals surface area contributed by atoms with E-state index in [2.05, 4.69) is 26.0 Å². The second-order valence-corrected chi connectivity index (χ2v) is 12.3. The molecule has 2 saturated carbocycles. The summed E-state index contributed by atoms with van der Waals surface area (Å²) in [4.78, 5) is 44.2. The van der Waals surface area contributed by atoms with Crippen LogP contribution in [0.5, 0.6) is 0 Å². The van der Waals surface area contributed by atoms with Crippen molar-refractivity contribution in [3.63, 3.8) is 0 Å². The Hall–Kier alpha value is -4.49. The van der Waals surface area contributed by atoms with E-state index in [9.17, 15) is 27.6 Å². The number of rotatable bonds is 13. The highest BCUT2D eigenvalue weighted by atomic mass is 19.4. The third-order valence-electron chi connectivity index (χ3n) is 8.33. The lowest BCUT2D eigenvalue weighted by Crippen LogP contribution is -2.50. The summed E-state index contributed by atoms with van der Waals surface area (Å²) in [6, 6.07) is 7.79. The topological polar surface area (TPSA) is 130 Å². The van der Waals surface area contributed by atoms with Gasteiger partial charge < -0.3 is 21.3 Å². The normalized spacial score (nSPS) is 16.2. The summed E-state index contributed by atoms with van der Waals surface area (Å²) >= 11 is 0. The Morgan fingerprint density at radius 3 is 2.24 bits per heavy atom. The van der Waals surface area contributed by atoms with E-state index < -0.39 is 48.2 Å². The standard InChI is InChI=1S/C32H37F4N7O3/c1-17(2)43-25(11-13-39-43)30(45)42-28(27(19-7-8-19)20-9-10-20)31(46)41-24-15-23(40-26-6-4-5-12-37-26)21(14-22(24)33)18(3)29(44)38-16-32(34,35)36/h4-6,11-15,17-20,27-28H,7-10,16H2,1-3H3,(H,37,40)(H,38,44)(H,41,46)(H,42,45)/t18?,28-/m0/s1. The molecule has 1 aromatic carbocycles. The first kappa shape index (κ1) is 32.9. The van der Waals surface area contributed by atoms with E-state index in [0.717, 1.165) is 31.7 Å². The van der Waals surface area contributed by atoms with Crippen LogP contribution in [0.4, 0.5) is 34.8 Å². The summed E-state index contributed by atoms with van der Waals surface area (Å²) in [5.41, 5.74) is 0.286. The van der Waals surface area contributed by atoms with Crippen molar-refractivity contribution in [3.05, 3.63) is 65.9 Å². The largest absolute Gasteiger partial charge is 0.405 e. The smallest absolute Gasteiger partial charge is 0.346 e. The number of carbonyl (C=O) groups excluding carboxylic acids is 3. The molecule has 2 fully saturated rings. The minimum atomic E-state index is -4.62. The predicted octanol–water partition coefficient (Wildman–Crippen LogP) is 5.70. The maximum Gasteiger partial charge on any atom is 0.405 e. The van der Waals surface area contributed by atoms with Gasteiger partial charge in [0.25, 0.3) is 5.91 Å². The monoisotopic (exact) mass is 643 g/mol. The molecule has 0 saturated heterocycles. The first-order valence-electron chi connectivity index (χ1n) is 15.3. The molecule has 0 bridgehead atoms. The number of amides is 3. The Morgan fingerprint density at radius 1 is 0.957 bits per heavy atom. The van der Waals surface area contributed by atoms with Crippen molar-refractivity contribution >= 4 is 34.9 Å².